The van der Waals surface area contributed by atoms with E-state index in [0.29, 0.717) is 17.4 Å². The highest BCUT2D eigenvalue weighted by Crippen LogP contribution is 2.31. The van der Waals surface area contributed by atoms with Crippen molar-refractivity contribution in [2.45, 2.75) is 26.3 Å². The number of likely N-dealkylation sites (N-methyl/N-ethyl adjacent to an activating group) is 1. The summed E-state index contributed by atoms with van der Waals surface area (Å²) < 4.78 is 27.7. The van der Waals surface area contributed by atoms with Crippen LogP contribution in [-0.2, 0) is 0 Å². The van der Waals surface area contributed by atoms with Gasteiger partial charge in [0.25, 0.3) is 6.43 Å². The maximum Gasteiger partial charge on any atom is 0.263 e. The Morgan fingerprint density at radius 2 is 1.96 bits per heavy atom. The van der Waals surface area contributed by atoms with Crippen LogP contribution in [-0.4, -0.2) is 56.9 Å². The van der Waals surface area contributed by atoms with Crippen LogP contribution in [0.5, 0.6) is 0 Å². The molecule has 3 aromatic rings. The normalized spacial score (nSPS) is 15.0. The lowest BCUT2D eigenvalue weighted by Gasteiger charge is -2.45. The van der Waals surface area contributed by atoms with Gasteiger partial charge >= 0.3 is 0 Å². The van der Waals surface area contributed by atoms with Gasteiger partial charge in [0.05, 0.1) is 17.3 Å². The second kappa shape index (κ2) is 7.60. The summed E-state index contributed by atoms with van der Waals surface area (Å²) in [5.41, 5.74) is 0.956. The van der Waals surface area contributed by atoms with Gasteiger partial charge in [-0.25, -0.2) is 13.5 Å². The van der Waals surface area contributed by atoms with Gasteiger partial charge in [-0.15, -0.1) is 0 Å². The monoisotopic (exact) mass is 406 g/mol. The lowest BCUT2D eigenvalue weighted by Crippen LogP contribution is -2.59. The molecule has 1 aromatic carbocycles. The van der Waals surface area contributed by atoms with E-state index in [-0.39, 0.29) is 10.8 Å². The molecule has 9 heteroatoms. The number of benzene rings is 1. The van der Waals surface area contributed by atoms with Crippen molar-refractivity contribution in [3.63, 3.8) is 0 Å². The molecule has 0 unspecified atom stereocenters. The lowest BCUT2D eigenvalue weighted by molar-refractivity contribution is 0.151. The molecule has 0 spiro atoms. The first-order valence-corrected chi connectivity index (χ1v) is 9.68. The summed E-state index contributed by atoms with van der Waals surface area (Å²) >= 11 is 6.18. The van der Waals surface area contributed by atoms with Crippen molar-refractivity contribution >= 4 is 28.5 Å². The molecule has 1 aliphatic rings. The first-order valence-electron chi connectivity index (χ1n) is 9.30. The zero-order valence-electron chi connectivity index (χ0n) is 15.7. The summed E-state index contributed by atoms with van der Waals surface area (Å²) in [7, 11) is 0. The summed E-state index contributed by atoms with van der Waals surface area (Å²) in [5.74, 6) is 0.731. The standard InChI is InChI=1S/C19H21ClF2N6/c1-3-26(4-2)14-10-27(11-14)17-15-9-23-28(18(15)25-19(20)24-17)13-7-5-6-12(8-13)16(21)22/h5-9,14,16H,3-4,10-11H2,1-2H3. The van der Waals surface area contributed by atoms with E-state index in [4.69, 9.17) is 11.6 Å². The summed E-state index contributed by atoms with van der Waals surface area (Å²) in [5, 5.41) is 5.23. The van der Waals surface area contributed by atoms with E-state index in [1.807, 2.05) is 0 Å². The Morgan fingerprint density at radius 1 is 1.21 bits per heavy atom. The lowest BCUT2D eigenvalue weighted by atomic mass is 10.1. The highest BCUT2D eigenvalue weighted by Gasteiger charge is 2.33. The Kier molecular flexibility index (Phi) is 5.16. The molecule has 4 rings (SSSR count). The summed E-state index contributed by atoms with van der Waals surface area (Å²) in [6.45, 7) is 8.04. The zero-order valence-corrected chi connectivity index (χ0v) is 16.4. The maximum atomic E-state index is 13.1. The quantitative estimate of drug-likeness (QED) is 0.580. The Balaban J connectivity index is 1.69. The molecule has 1 aliphatic heterocycles. The molecule has 0 aliphatic carbocycles. The fraction of sp³-hybridized carbons (Fsp3) is 0.421. The van der Waals surface area contributed by atoms with Crippen LogP contribution in [0.15, 0.2) is 30.5 Å². The molecule has 0 saturated carbocycles. The predicted octanol–water partition coefficient (Wildman–Crippen LogP) is 3.94. The maximum absolute atomic E-state index is 13.1. The SMILES string of the molecule is CCN(CC)C1CN(c2nc(Cl)nc3c2cnn3-c2cccc(C(F)F)c2)C1. The molecule has 0 bridgehead atoms. The van der Waals surface area contributed by atoms with E-state index in [1.54, 1.807) is 18.3 Å². The van der Waals surface area contributed by atoms with E-state index in [2.05, 4.69) is 38.7 Å². The average molecular weight is 407 g/mol. The van der Waals surface area contributed by atoms with E-state index < -0.39 is 6.43 Å². The van der Waals surface area contributed by atoms with Crippen molar-refractivity contribution in [3.8, 4) is 5.69 Å². The van der Waals surface area contributed by atoms with Crippen LogP contribution in [0.2, 0.25) is 5.28 Å². The van der Waals surface area contributed by atoms with E-state index in [1.165, 1.54) is 16.8 Å². The van der Waals surface area contributed by atoms with Crippen LogP contribution in [0.25, 0.3) is 16.7 Å². The number of fused-ring (bicyclic) bond motifs is 1. The molecule has 2 aromatic heterocycles. The summed E-state index contributed by atoms with van der Waals surface area (Å²) in [4.78, 5) is 13.3. The third-order valence-corrected chi connectivity index (χ3v) is 5.41. The summed E-state index contributed by atoms with van der Waals surface area (Å²) in [6, 6.07) is 6.58. The third kappa shape index (κ3) is 3.31. The number of halogens is 3. The molecular weight excluding hydrogens is 386 g/mol. The van der Waals surface area contributed by atoms with Gasteiger partial charge in [0.2, 0.25) is 5.28 Å². The van der Waals surface area contributed by atoms with Gasteiger partial charge in [0.15, 0.2) is 5.65 Å². The zero-order chi connectivity index (χ0) is 19.8. The molecule has 6 nitrogen and oxygen atoms in total. The van der Waals surface area contributed by atoms with Gasteiger partial charge in [0, 0.05) is 24.7 Å². The van der Waals surface area contributed by atoms with Gasteiger partial charge in [0.1, 0.15) is 5.82 Å². The molecule has 1 saturated heterocycles. The minimum absolute atomic E-state index is 0.0636. The Bertz CT molecular complexity index is 982. The molecule has 0 amide bonds. The fourth-order valence-electron chi connectivity index (χ4n) is 3.69. The minimum Gasteiger partial charge on any atom is -0.353 e. The minimum atomic E-state index is -2.55. The summed E-state index contributed by atoms with van der Waals surface area (Å²) in [6.07, 6.45) is -0.880. The second-order valence-corrected chi connectivity index (χ2v) is 7.12. The molecule has 28 heavy (non-hydrogen) atoms. The number of nitrogens with zero attached hydrogens (tertiary/aromatic N) is 6. The fourth-order valence-corrected chi connectivity index (χ4v) is 3.85. The Morgan fingerprint density at radius 3 is 2.64 bits per heavy atom. The van der Waals surface area contributed by atoms with Crippen molar-refractivity contribution in [1.29, 1.82) is 0 Å². The van der Waals surface area contributed by atoms with Crippen molar-refractivity contribution in [1.82, 2.24) is 24.6 Å². The first-order chi connectivity index (χ1) is 13.5. The van der Waals surface area contributed by atoms with Crippen LogP contribution in [0.3, 0.4) is 0 Å². The van der Waals surface area contributed by atoms with E-state index in [0.717, 1.165) is 37.4 Å². The number of hydrogen-bond acceptors (Lipinski definition) is 5. The average Bonchev–Trinajstić information content (AvgIpc) is 3.07. The number of aromatic nitrogens is 4. The topological polar surface area (TPSA) is 50.1 Å². The molecular formula is C19H21ClF2N6. The third-order valence-electron chi connectivity index (χ3n) is 5.24. The second-order valence-electron chi connectivity index (χ2n) is 6.79. The Labute approximate surface area is 166 Å². The molecule has 148 valence electrons. The van der Waals surface area contributed by atoms with Crippen molar-refractivity contribution in [2.75, 3.05) is 31.1 Å². The molecule has 0 radical (unpaired) electrons. The van der Waals surface area contributed by atoms with Crippen LogP contribution >= 0.6 is 11.6 Å². The van der Waals surface area contributed by atoms with Gasteiger partial charge in [-0.3, -0.25) is 4.90 Å². The van der Waals surface area contributed by atoms with Gasteiger partial charge in [-0.05, 0) is 36.8 Å². The smallest absolute Gasteiger partial charge is 0.263 e. The number of alkyl halides is 2. The van der Waals surface area contributed by atoms with Crippen molar-refractivity contribution < 1.29 is 8.78 Å². The van der Waals surface area contributed by atoms with Crippen LogP contribution in [0, 0.1) is 0 Å². The highest BCUT2D eigenvalue weighted by molar-refractivity contribution is 6.28. The number of rotatable bonds is 6. The Hall–Kier alpha value is -2.32. The van der Waals surface area contributed by atoms with E-state index in [9.17, 15) is 8.78 Å². The van der Waals surface area contributed by atoms with Crippen molar-refractivity contribution in [3.05, 3.63) is 41.3 Å². The molecule has 0 atom stereocenters. The van der Waals surface area contributed by atoms with Crippen LogP contribution in [0.4, 0.5) is 14.6 Å². The van der Waals surface area contributed by atoms with Crippen LogP contribution < -0.4 is 4.90 Å². The molecule has 3 heterocycles. The molecule has 1 fully saturated rings. The number of anilines is 1. The van der Waals surface area contributed by atoms with Crippen LogP contribution in [0.1, 0.15) is 25.8 Å². The van der Waals surface area contributed by atoms with Gasteiger partial charge in [-0.2, -0.15) is 15.1 Å². The van der Waals surface area contributed by atoms with Crippen molar-refractivity contribution in [2.24, 2.45) is 0 Å². The first kappa shape index (κ1) is 19.0. The largest absolute Gasteiger partial charge is 0.353 e. The highest BCUT2D eigenvalue weighted by atomic mass is 35.5. The number of hydrogen-bond donors (Lipinski definition) is 0. The van der Waals surface area contributed by atoms with Gasteiger partial charge in [-0.1, -0.05) is 26.0 Å². The molecule has 0 N–H and O–H groups in total. The van der Waals surface area contributed by atoms with E-state index >= 15 is 0 Å². The van der Waals surface area contributed by atoms with Gasteiger partial charge < -0.3 is 4.90 Å². The predicted molar refractivity (Wildman–Crippen MR) is 106 cm³/mol.